The average Bonchev–Trinajstić information content (AvgIpc) is 2.78. The number of carbonyl (C=O) groups excluding carboxylic acids is 2. The number of ether oxygens (including phenoxy) is 2. The number of nitrogens with two attached hydrogens (primary N) is 1. The minimum atomic E-state index is -4.66. The van der Waals surface area contributed by atoms with Crippen LogP contribution in [-0.2, 0) is 37.5 Å². The Kier molecular flexibility index (Phi) is 18.9. The Balaban J connectivity index is 4.36. The van der Waals surface area contributed by atoms with Crippen molar-refractivity contribution < 1.29 is 47.5 Å². The zero-order chi connectivity index (χ0) is 25.8. The molecule has 34 heavy (non-hydrogen) atoms. The van der Waals surface area contributed by atoms with Gasteiger partial charge in [0.05, 0.1) is 13.2 Å². The highest BCUT2D eigenvalue weighted by Gasteiger charge is 2.28. The number of phosphoric acid groups is 1. The van der Waals surface area contributed by atoms with Gasteiger partial charge >= 0.3 is 25.7 Å². The molecule has 0 spiro atoms. The van der Waals surface area contributed by atoms with Crippen molar-refractivity contribution in [2.24, 2.45) is 5.73 Å². The van der Waals surface area contributed by atoms with Crippen molar-refractivity contribution in [2.45, 2.75) is 103 Å². The van der Waals surface area contributed by atoms with E-state index in [0.717, 1.165) is 19.3 Å². The standard InChI is InChI=1S/C22H42NO10P/c1-3-5-6-7-8-9-10-11-12-14-20(24)30-15-18(33-21(25)13-4-2)16-31-34(28,29)32-17-19(23)22(26)27/h18-19H,3-17,23H2,1-2H3,(H,26,27)(H,28,29)/t18-,19+/m1/s1. The van der Waals surface area contributed by atoms with Crippen LogP contribution in [0.25, 0.3) is 0 Å². The molecule has 3 atom stereocenters. The summed E-state index contributed by atoms with van der Waals surface area (Å²) in [4.78, 5) is 44.1. The minimum absolute atomic E-state index is 0.115. The van der Waals surface area contributed by atoms with Gasteiger partial charge in [0.2, 0.25) is 0 Å². The predicted molar refractivity (Wildman–Crippen MR) is 125 cm³/mol. The highest BCUT2D eigenvalue weighted by atomic mass is 31.2. The van der Waals surface area contributed by atoms with Crippen LogP contribution < -0.4 is 5.73 Å². The van der Waals surface area contributed by atoms with Gasteiger partial charge in [0, 0.05) is 12.8 Å². The second kappa shape index (κ2) is 19.8. The van der Waals surface area contributed by atoms with Gasteiger partial charge < -0.3 is 25.2 Å². The lowest BCUT2D eigenvalue weighted by atomic mass is 10.1. The topological polar surface area (TPSA) is 172 Å². The molecule has 0 rings (SSSR count). The zero-order valence-electron chi connectivity index (χ0n) is 20.4. The lowest BCUT2D eigenvalue weighted by Gasteiger charge is -2.20. The van der Waals surface area contributed by atoms with E-state index in [0.29, 0.717) is 12.8 Å². The maximum atomic E-state index is 12.0. The maximum Gasteiger partial charge on any atom is 0.472 e. The number of phosphoric ester groups is 1. The predicted octanol–water partition coefficient (Wildman–Crippen LogP) is 3.71. The quantitative estimate of drug-likeness (QED) is 0.110. The van der Waals surface area contributed by atoms with Crippen LogP contribution in [0.15, 0.2) is 0 Å². The van der Waals surface area contributed by atoms with Gasteiger partial charge in [-0.1, -0.05) is 65.2 Å². The van der Waals surface area contributed by atoms with E-state index in [4.69, 9.17) is 24.8 Å². The summed E-state index contributed by atoms with van der Waals surface area (Å²) >= 11 is 0. The summed E-state index contributed by atoms with van der Waals surface area (Å²) in [6.45, 7) is 2.28. The summed E-state index contributed by atoms with van der Waals surface area (Å²) in [6.07, 6.45) is 9.77. The Labute approximate surface area is 202 Å². The summed E-state index contributed by atoms with van der Waals surface area (Å²) in [7, 11) is -4.66. The minimum Gasteiger partial charge on any atom is -0.480 e. The van der Waals surface area contributed by atoms with Crippen molar-refractivity contribution in [1.29, 1.82) is 0 Å². The van der Waals surface area contributed by atoms with Crippen LogP contribution in [0.2, 0.25) is 0 Å². The van der Waals surface area contributed by atoms with E-state index < -0.39 is 51.1 Å². The monoisotopic (exact) mass is 511 g/mol. The summed E-state index contributed by atoms with van der Waals surface area (Å²) in [5, 5.41) is 8.69. The van der Waals surface area contributed by atoms with E-state index in [1.165, 1.54) is 32.1 Å². The first kappa shape index (κ1) is 32.5. The third-order valence-corrected chi connectivity index (χ3v) is 5.78. The molecule has 0 saturated heterocycles. The highest BCUT2D eigenvalue weighted by molar-refractivity contribution is 7.47. The van der Waals surface area contributed by atoms with Gasteiger partial charge in [-0.15, -0.1) is 0 Å². The number of aliphatic carboxylic acids is 1. The second-order valence-corrected chi connectivity index (χ2v) is 9.58. The molecule has 11 nitrogen and oxygen atoms in total. The van der Waals surface area contributed by atoms with E-state index in [1.807, 2.05) is 0 Å². The fraction of sp³-hybridized carbons (Fsp3) is 0.864. The number of unbranched alkanes of at least 4 members (excludes halogenated alkanes) is 8. The lowest BCUT2D eigenvalue weighted by Crippen LogP contribution is -2.34. The Morgan fingerprint density at radius 2 is 1.35 bits per heavy atom. The SMILES string of the molecule is CCCCCCCCCCCC(=O)OC[C@H](COP(=O)(O)OC[C@H](N)C(=O)O)OC(=O)CCC. The van der Waals surface area contributed by atoms with E-state index in [9.17, 15) is 23.8 Å². The molecule has 0 aromatic heterocycles. The van der Waals surface area contributed by atoms with Gasteiger partial charge in [0.1, 0.15) is 12.6 Å². The fourth-order valence-electron chi connectivity index (χ4n) is 2.86. The van der Waals surface area contributed by atoms with E-state index in [-0.39, 0.29) is 19.4 Å². The van der Waals surface area contributed by atoms with Crippen LogP contribution in [0, 0.1) is 0 Å². The van der Waals surface area contributed by atoms with Crippen molar-refractivity contribution in [1.82, 2.24) is 0 Å². The van der Waals surface area contributed by atoms with Crippen molar-refractivity contribution in [3.8, 4) is 0 Å². The molecule has 0 radical (unpaired) electrons. The highest BCUT2D eigenvalue weighted by Crippen LogP contribution is 2.43. The molecule has 0 heterocycles. The molecular formula is C22H42NO10P. The molecule has 0 bridgehead atoms. The third kappa shape index (κ3) is 18.9. The molecule has 0 saturated carbocycles. The summed E-state index contributed by atoms with van der Waals surface area (Å²) in [6, 6.07) is -1.51. The molecule has 4 N–H and O–H groups in total. The number of carbonyl (C=O) groups is 3. The Hall–Kier alpha value is -1.52. The summed E-state index contributed by atoms with van der Waals surface area (Å²) in [5.41, 5.74) is 5.21. The first-order valence-electron chi connectivity index (χ1n) is 12.1. The Morgan fingerprint density at radius 1 is 0.794 bits per heavy atom. The van der Waals surface area contributed by atoms with Gasteiger partial charge in [-0.05, 0) is 12.8 Å². The second-order valence-electron chi connectivity index (χ2n) is 8.13. The van der Waals surface area contributed by atoms with Crippen LogP contribution >= 0.6 is 7.82 Å². The zero-order valence-corrected chi connectivity index (χ0v) is 21.3. The van der Waals surface area contributed by atoms with Crippen molar-refractivity contribution in [3.05, 3.63) is 0 Å². The number of hydrogen-bond acceptors (Lipinski definition) is 9. The first-order valence-corrected chi connectivity index (χ1v) is 13.6. The van der Waals surface area contributed by atoms with Crippen molar-refractivity contribution in [2.75, 3.05) is 19.8 Å². The molecule has 1 unspecified atom stereocenters. The smallest absolute Gasteiger partial charge is 0.472 e. The fourth-order valence-corrected chi connectivity index (χ4v) is 3.64. The number of esters is 2. The van der Waals surface area contributed by atoms with Gasteiger partial charge in [0.25, 0.3) is 0 Å². The van der Waals surface area contributed by atoms with Crippen molar-refractivity contribution >= 4 is 25.7 Å². The van der Waals surface area contributed by atoms with E-state index in [2.05, 4.69) is 11.4 Å². The number of hydrogen-bond donors (Lipinski definition) is 3. The number of carboxylic acids is 1. The first-order chi connectivity index (χ1) is 16.1. The van der Waals surface area contributed by atoms with Gasteiger partial charge in [-0.25, -0.2) is 4.57 Å². The molecule has 200 valence electrons. The van der Waals surface area contributed by atoms with Crippen LogP contribution in [0.1, 0.15) is 90.9 Å². The maximum absolute atomic E-state index is 12.0. The number of carboxylic acid groups (broad SMARTS) is 1. The van der Waals surface area contributed by atoms with Crippen LogP contribution in [-0.4, -0.2) is 59.9 Å². The normalized spacial score (nSPS) is 14.7. The molecule has 0 amide bonds. The largest absolute Gasteiger partial charge is 0.480 e. The third-order valence-electron chi connectivity index (χ3n) is 4.82. The summed E-state index contributed by atoms with van der Waals surface area (Å²) in [5.74, 6) is -2.45. The molecule has 0 fully saturated rings. The number of rotatable bonds is 22. The average molecular weight is 512 g/mol. The van der Waals surface area contributed by atoms with Gasteiger partial charge in [-0.3, -0.25) is 23.4 Å². The molecule has 0 aliphatic carbocycles. The molecular weight excluding hydrogens is 469 g/mol. The van der Waals surface area contributed by atoms with Gasteiger partial charge in [-0.2, -0.15) is 0 Å². The van der Waals surface area contributed by atoms with Crippen LogP contribution in [0.4, 0.5) is 0 Å². The summed E-state index contributed by atoms with van der Waals surface area (Å²) < 4.78 is 31.5. The molecule has 12 heteroatoms. The molecule has 0 aromatic rings. The molecule has 0 aliphatic rings. The molecule has 0 aromatic carbocycles. The Morgan fingerprint density at radius 3 is 1.91 bits per heavy atom. The van der Waals surface area contributed by atoms with Crippen LogP contribution in [0.3, 0.4) is 0 Å². The van der Waals surface area contributed by atoms with E-state index in [1.54, 1.807) is 6.92 Å². The Bertz CT molecular complexity index is 631. The van der Waals surface area contributed by atoms with Gasteiger partial charge in [0.15, 0.2) is 6.10 Å². The lowest BCUT2D eigenvalue weighted by molar-refractivity contribution is -0.161. The van der Waals surface area contributed by atoms with E-state index >= 15 is 0 Å². The molecule has 0 aliphatic heterocycles. The van der Waals surface area contributed by atoms with Crippen molar-refractivity contribution in [3.63, 3.8) is 0 Å². The van der Waals surface area contributed by atoms with Crippen LogP contribution in [0.5, 0.6) is 0 Å².